The number of amides is 2. The molecule has 0 bridgehead atoms. The summed E-state index contributed by atoms with van der Waals surface area (Å²) >= 11 is 0. The van der Waals surface area contributed by atoms with Gasteiger partial charge in [0.05, 0.1) is 48.0 Å². The summed E-state index contributed by atoms with van der Waals surface area (Å²) in [6.45, 7) is 0.363. The quantitative estimate of drug-likeness (QED) is 0.427. The monoisotopic (exact) mass is 504 g/mol. The largest absolute Gasteiger partial charge is 0.465 e. The molecule has 0 spiro atoms. The first-order valence-corrected chi connectivity index (χ1v) is 11.6. The zero-order chi connectivity index (χ0) is 25.8. The fourth-order valence-corrected chi connectivity index (χ4v) is 4.03. The molecule has 13 nitrogen and oxygen atoms in total. The number of rotatable bonds is 8. The van der Waals surface area contributed by atoms with E-state index in [2.05, 4.69) is 25.7 Å². The molecule has 0 fully saturated rings. The van der Waals surface area contributed by atoms with E-state index in [4.69, 9.17) is 4.74 Å². The first kappa shape index (κ1) is 25.6. The van der Waals surface area contributed by atoms with Gasteiger partial charge in [0.15, 0.2) is 0 Å². The number of anilines is 1. The summed E-state index contributed by atoms with van der Waals surface area (Å²) in [6, 6.07) is 7.87. The molecule has 0 aliphatic rings. The van der Waals surface area contributed by atoms with Gasteiger partial charge >= 0.3 is 18.0 Å². The van der Waals surface area contributed by atoms with Gasteiger partial charge in [-0.25, -0.2) is 31.8 Å². The smallest absolute Gasteiger partial charge is 0.339 e. The van der Waals surface area contributed by atoms with E-state index in [0.717, 1.165) is 4.31 Å². The number of urea groups is 1. The van der Waals surface area contributed by atoms with Gasteiger partial charge in [-0.3, -0.25) is 0 Å². The van der Waals surface area contributed by atoms with Crippen molar-refractivity contribution in [2.24, 2.45) is 0 Å². The molecule has 0 saturated heterocycles. The predicted molar refractivity (Wildman–Crippen MR) is 125 cm³/mol. The third-order valence-corrected chi connectivity index (χ3v) is 6.78. The van der Waals surface area contributed by atoms with Crippen molar-refractivity contribution in [1.82, 2.24) is 24.6 Å². The van der Waals surface area contributed by atoms with Crippen molar-refractivity contribution in [3.05, 3.63) is 47.5 Å². The number of carbonyl (C=O) groups excluding carboxylic acids is 3. The van der Waals surface area contributed by atoms with Crippen molar-refractivity contribution >= 4 is 44.7 Å². The van der Waals surface area contributed by atoms with Gasteiger partial charge in [-0.15, -0.1) is 5.10 Å². The number of esters is 2. The number of methoxy groups -OCH3 is 2. The Kier molecular flexibility index (Phi) is 7.66. The molecule has 0 atom stereocenters. The summed E-state index contributed by atoms with van der Waals surface area (Å²) in [5.74, 6) is -1.33. The summed E-state index contributed by atoms with van der Waals surface area (Å²) in [4.78, 5) is 36.3. The Morgan fingerprint density at radius 1 is 1.03 bits per heavy atom. The Bertz CT molecular complexity index is 1380. The number of aromatic nitrogens is 3. The second-order valence-corrected chi connectivity index (χ2v) is 9.53. The van der Waals surface area contributed by atoms with Crippen LogP contribution in [0.1, 0.15) is 20.7 Å². The Morgan fingerprint density at radius 3 is 2.40 bits per heavy atom. The second-order valence-electron chi connectivity index (χ2n) is 7.37. The lowest BCUT2D eigenvalue weighted by Gasteiger charge is -2.12. The highest BCUT2D eigenvalue weighted by Crippen LogP contribution is 2.20. The van der Waals surface area contributed by atoms with Gasteiger partial charge in [0.2, 0.25) is 10.0 Å². The number of hydrogen-bond donors (Lipinski definition) is 2. The molecule has 2 aromatic carbocycles. The molecule has 0 unspecified atom stereocenters. The molecule has 186 valence electrons. The van der Waals surface area contributed by atoms with Crippen LogP contribution in [0.5, 0.6) is 0 Å². The molecule has 35 heavy (non-hydrogen) atoms. The molecule has 3 aromatic rings. The SMILES string of the molecule is COC(=O)c1ccc(C(=O)OC)c(NC(=O)NCCn2nnc3cc(S(=O)(=O)N(C)C)ccc32)c1. The third kappa shape index (κ3) is 5.55. The maximum absolute atomic E-state index is 12.4. The maximum Gasteiger partial charge on any atom is 0.339 e. The van der Waals surface area contributed by atoms with Crippen LogP contribution >= 0.6 is 0 Å². The first-order valence-electron chi connectivity index (χ1n) is 10.2. The summed E-state index contributed by atoms with van der Waals surface area (Å²) in [7, 11) is 1.68. The number of fused-ring (bicyclic) bond motifs is 1. The van der Waals surface area contributed by atoms with Crippen molar-refractivity contribution in [2.45, 2.75) is 11.4 Å². The highest BCUT2D eigenvalue weighted by molar-refractivity contribution is 7.89. The van der Waals surface area contributed by atoms with Crippen LogP contribution in [0.2, 0.25) is 0 Å². The number of carbonyl (C=O) groups is 3. The summed E-state index contributed by atoms with van der Waals surface area (Å²) in [6.07, 6.45) is 0. The van der Waals surface area contributed by atoms with E-state index >= 15 is 0 Å². The fraction of sp³-hybridized carbons (Fsp3) is 0.286. The van der Waals surface area contributed by atoms with Gasteiger partial charge in [0, 0.05) is 20.6 Å². The van der Waals surface area contributed by atoms with E-state index < -0.39 is 28.0 Å². The number of ether oxygens (including phenoxy) is 2. The normalized spacial score (nSPS) is 11.3. The summed E-state index contributed by atoms with van der Waals surface area (Å²) in [5.41, 5.74) is 1.24. The molecular weight excluding hydrogens is 480 g/mol. The van der Waals surface area contributed by atoms with E-state index in [0.29, 0.717) is 11.0 Å². The zero-order valence-electron chi connectivity index (χ0n) is 19.4. The van der Waals surface area contributed by atoms with Crippen molar-refractivity contribution in [2.75, 3.05) is 40.2 Å². The van der Waals surface area contributed by atoms with Gasteiger partial charge in [-0.05, 0) is 36.4 Å². The van der Waals surface area contributed by atoms with Gasteiger partial charge in [0.1, 0.15) is 5.52 Å². The van der Waals surface area contributed by atoms with Gasteiger partial charge in [0.25, 0.3) is 0 Å². The molecule has 3 rings (SSSR count). The molecule has 0 aliphatic carbocycles. The third-order valence-electron chi connectivity index (χ3n) is 4.97. The summed E-state index contributed by atoms with van der Waals surface area (Å²) < 4.78 is 36.6. The Balaban J connectivity index is 1.69. The lowest BCUT2D eigenvalue weighted by atomic mass is 10.1. The van der Waals surface area contributed by atoms with Crippen molar-refractivity contribution in [3.8, 4) is 0 Å². The van der Waals surface area contributed by atoms with Crippen LogP contribution in [0, 0.1) is 0 Å². The fourth-order valence-electron chi connectivity index (χ4n) is 3.11. The Labute approximate surface area is 201 Å². The van der Waals surface area contributed by atoms with Crippen LogP contribution < -0.4 is 10.6 Å². The number of nitrogens with zero attached hydrogens (tertiary/aromatic N) is 4. The average Bonchev–Trinajstić information content (AvgIpc) is 3.25. The minimum atomic E-state index is -3.61. The topological polar surface area (TPSA) is 162 Å². The molecular formula is C21H24N6O7S. The average molecular weight is 505 g/mol. The minimum Gasteiger partial charge on any atom is -0.465 e. The van der Waals surface area contributed by atoms with E-state index in [1.165, 1.54) is 63.3 Å². The number of sulfonamides is 1. The van der Waals surface area contributed by atoms with Crippen LogP contribution in [0.15, 0.2) is 41.3 Å². The summed E-state index contributed by atoms with van der Waals surface area (Å²) in [5, 5.41) is 13.1. The maximum atomic E-state index is 12.4. The highest BCUT2D eigenvalue weighted by Gasteiger charge is 2.19. The highest BCUT2D eigenvalue weighted by atomic mass is 32.2. The van der Waals surface area contributed by atoms with Gasteiger partial charge in [-0.1, -0.05) is 5.21 Å². The van der Waals surface area contributed by atoms with E-state index in [-0.39, 0.29) is 34.8 Å². The van der Waals surface area contributed by atoms with Crippen LogP contribution in [0.3, 0.4) is 0 Å². The number of benzene rings is 2. The zero-order valence-corrected chi connectivity index (χ0v) is 20.2. The Hall–Kier alpha value is -4.04. The van der Waals surface area contributed by atoms with Crippen LogP contribution in [-0.4, -0.2) is 80.5 Å². The van der Waals surface area contributed by atoms with Gasteiger partial charge in [-0.2, -0.15) is 0 Å². The predicted octanol–water partition coefficient (Wildman–Crippen LogP) is 1.08. The van der Waals surface area contributed by atoms with Crippen LogP contribution in [-0.2, 0) is 26.0 Å². The van der Waals surface area contributed by atoms with E-state index in [1.54, 1.807) is 6.07 Å². The van der Waals surface area contributed by atoms with E-state index in [9.17, 15) is 22.8 Å². The molecule has 0 radical (unpaired) electrons. The molecule has 2 amide bonds. The van der Waals surface area contributed by atoms with E-state index in [1.807, 2.05) is 0 Å². The molecule has 2 N–H and O–H groups in total. The molecule has 1 heterocycles. The van der Waals surface area contributed by atoms with Crippen LogP contribution in [0.4, 0.5) is 10.5 Å². The molecule has 0 aliphatic heterocycles. The van der Waals surface area contributed by atoms with Crippen molar-refractivity contribution in [3.63, 3.8) is 0 Å². The standard InChI is InChI=1S/C21H24N6O7S/c1-26(2)35(31,32)14-6-8-18-17(12-14)24-25-27(18)10-9-22-21(30)23-16-11-13(19(28)33-3)5-7-15(16)20(29)34-4/h5-8,11-12H,9-10H2,1-4H3,(H2,22,23,30). The molecule has 0 saturated carbocycles. The first-order chi connectivity index (χ1) is 16.6. The second kappa shape index (κ2) is 10.5. The number of hydrogen-bond acceptors (Lipinski definition) is 9. The molecule has 1 aromatic heterocycles. The Morgan fingerprint density at radius 2 is 1.74 bits per heavy atom. The number of nitrogens with one attached hydrogen (secondary N) is 2. The lowest BCUT2D eigenvalue weighted by Crippen LogP contribution is -2.32. The minimum absolute atomic E-state index is 0.0565. The van der Waals surface area contributed by atoms with Gasteiger partial charge < -0.3 is 20.1 Å². The van der Waals surface area contributed by atoms with Crippen molar-refractivity contribution < 1.29 is 32.3 Å². The lowest BCUT2D eigenvalue weighted by molar-refractivity contribution is 0.0587. The van der Waals surface area contributed by atoms with Crippen molar-refractivity contribution in [1.29, 1.82) is 0 Å². The van der Waals surface area contributed by atoms with Crippen LogP contribution in [0.25, 0.3) is 11.0 Å². The molecule has 14 heteroatoms.